The predicted molar refractivity (Wildman–Crippen MR) is 86.0 cm³/mol. The van der Waals surface area contributed by atoms with Crippen molar-refractivity contribution in [3.05, 3.63) is 40.8 Å². The van der Waals surface area contributed by atoms with Crippen molar-refractivity contribution in [1.82, 2.24) is 0 Å². The molecule has 124 valence electrons. The largest absolute Gasteiger partial charge is 0.504 e. The normalized spacial score (nSPS) is 10.8. The minimum absolute atomic E-state index is 0.0444. The molecule has 0 saturated carbocycles. The number of phenolic OH excluding ortho intramolecular Hbond substituents is 3. The van der Waals surface area contributed by atoms with Crippen LogP contribution in [0, 0.1) is 0 Å². The molecule has 7 nitrogen and oxygen atoms in total. The lowest BCUT2D eigenvalue weighted by atomic mass is 10.0. The van der Waals surface area contributed by atoms with Crippen LogP contribution in [0.15, 0.2) is 39.7 Å². The molecule has 2 aromatic carbocycles. The Balaban J connectivity index is 2.29. The molecular formula is C17H14O7. The first-order valence-electron chi connectivity index (χ1n) is 6.89. The third-order valence-electron chi connectivity index (χ3n) is 3.69. The van der Waals surface area contributed by atoms with E-state index < -0.39 is 22.7 Å². The molecule has 3 N–H and O–H groups in total. The first-order valence-corrected chi connectivity index (χ1v) is 6.89. The average Bonchev–Trinajstić information content (AvgIpc) is 2.59. The molecule has 0 bridgehead atoms. The Morgan fingerprint density at radius 1 is 0.958 bits per heavy atom. The van der Waals surface area contributed by atoms with Gasteiger partial charge in [0.2, 0.25) is 11.2 Å². The van der Waals surface area contributed by atoms with Crippen LogP contribution >= 0.6 is 0 Å². The minimum Gasteiger partial charge on any atom is -0.504 e. The summed E-state index contributed by atoms with van der Waals surface area (Å²) in [7, 11) is 2.96. The summed E-state index contributed by atoms with van der Waals surface area (Å²) in [5, 5.41) is 28.9. The van der Waals surface area contributed by atoms with Crippen molar-refractivity contribution in [2.75, 3.05) is 14.2 Å². The fraction of sp³-hybridized carbons (Fsp3) is 0.118. The number of benzene rings is 2. The van der Waals surface area contributed by atoms with Gasteiger partial charge in [-0.25, -0.2) is 0 Å². The summed E-state index contributed by atoms with van der Waals surface area (Å²) in [6.45, 7) is 0. The second-order valence-electron chi connectivity index (χ2n) is 5.01. The lowest BCUT2D eigenvalue weighted by Crippen LogP contribution is -2.05. The van der Waals surface area contributed by atoms with Crippen molar-refractivity contribution in [2.24, 2.45) is 0 Å². The van der Waals surface area contributed by atoms with Crippen LogP contribution in [0.5, 0.6) is 28.7 Å². The maximum absolute atomic E-state index is 12.7. The zero-order valence-corrected chi connectivity index (χ0v) is 12.9. The molecule has 0 fully saturated rings. The summed E-state index contributed by atoms with van der Waals surface area (Å²) in [4.78, 5) is 12.7. The van der Waals surface area contributed by atoms with E-state index in [-0.39, 0.29) is 16.5 Å². The van der Waals surface area contributed by atoms with E-state index >= 15 is 0 Å². The highest BCUT2D eigenvalue weighted by molar-refractivity contribution is 5.91. The van der Waals surface area contributed by atoms with Gasteiger partial charge in [-0.3, -0.25) is 4.79 Å². The number of rotatable bonds is 3. The number of phenols is 3. The Labute approximate surface area is 135 Å². The average molecular weight is 330 g/mol. The van der Waals surface area contributed by atoms with Crippen LogP contribution in [0.1, 0.15) is 0 Å². The summed E-state index contributed by atoms with van der Waals surface area (Å²) in [5.74, 6) is -1.17. The van der Waals surface area contributed by atoms with Gasteiger partial charge in [-0.15, -0.1) is 0 Å². The molecule has 0 aliphatic heterocycles. The van der Waals surface area contributed by atoms with Gasteiger partial charge < -0.3 is 29.2 Å². The van der Waals surface area contributed by atoms with Crippen molar-refractivity contribution in [2.45, 2.75) is 0 Å². The van der Waals surface area contributed by atoms with Gasteiger partial charge in [0.1, 0.15) is 17.2 Å². The third kappa shape index (κ3) is 2.26. The summed E-state index contributed by atoms with van der Waals surface area (Å²) in [5.41, 5.74) is 0.0346. The van der Waals surface area contributed by atoms with Crippen molar-refractivity contribution < 1.29 is 29.2 Å². The second kappa shape index (κ2) is 5.69. The molecular weight excluding hydrogens is 316 g/mol. The summed E-state index contributed by atoms with van der Waals surface area (Å²) >= 11 is 0. The van der Waals surface area contributed by atoms with Crippen LogP contribution < -0.4 is 14.9 Å². The van der Waals surface area contributed by atoms with Crippen LogP contribution in [-0.2, 0) is 0 Å². The Kier molecular flexibility index (Phi) is 3.69. The molecule has 1 heterocycles. The van der Waals surface area contributed by atoms with E-state index in [1.807, 2.05) is 0 Å². The highest BCUT2D eigenvalue weighted by Gasteiger charge is 2.19. The molecule has 0 amide bonds. The van der Waals surface area contributed by atoms with E-state index in [9.17, 15) is 20.1 Å². The lowest BCUT2D eigenvalue weighted by molar-refractivity contribution is 0.355. The Hall–Kier alpha value is -3.35. The fourth-order valence-corrected chi connectivity index (χ4v) is 2.45. The minimum atomic E-state index is -0.778. The van der Waals surface area contributed by atoms with Crippen molar-refractivity contribution in [1.29, 1.82) is 0 Å². The molecule has 0 radical (unpaired) electrons. The van der Waals surface area contributed by atoms with Gasteiger partial charge >= 0.3 is 0 Å². The molecule has 3 rings (SSSR count). The van der Waals surface area contributed by atoms with Gasteiger partial charge in [0.15, 0.2) is 23.0 Å². The number of hydrogen-bond acceptors (Lipinski definition) is 7. The van der Waals surface area contributed by atoms with Crippen LogP contribution in [0.3, 0.4) is 0 Å². The quantitative estimate of drug-likeness (QED) is 0.633. The molecule has 0 aliphatic rings. The summed E-state index contributed by atoms with van der Waals surface area (Å²) in [6.07, 6.45) is 1.21. The van der Waals surface area contributed by atoms with Gasteiger partial charge in [0.05, 0.1) is 19.8 Å². The molecule has 0 spiro atoms. The zero-order valence-electron chi connectivity index (χ0n) is 12.9. The fourth-order valence-electron chi connectivity index (χ4n) is 2.45. The van der Waals surface area contributed by atoms with Crippen LogP contribution in [0.4, 0.5) is 0 Å². The van der Waals surface area contributed by atoms with Crippen LogP contribution in [0.2, 0.25) is 0 Å². The van der Waals surface area contributed by atoms with Gasteiger partial charge in [-0.2, -0.15) is 0 Å². The first kappa shape index (κ1) is 15.5. The number of fused-ring (bicyclic) bond motifs is 1. The van der Waals surface area contributed by atoms with Crippen molar-refractivity contribution in [3.63, 3.8) is 0 Å². The van der Waals surface area contributed by atoms with E-state index in [4.69, 9.17) is 13.9 Å². The van der Waals surface area contributed by atoms with Gasteiger partial charge in [0.25, 0.3) is 0 Å². The second-order valence-corrected chi connectivity index (χ2v) is 5.01. The molecule has 0 saturated heterocycles. The van der Waals surface area contributed by atoms with Gasteiger partial charge in [-0.1, -0.05) is 6.07 Å². The van der Waals surface area contributed by atoms with Gasteiger partial charge in [0, 0.05) is 6.07 Å². The monoisotopic (exact) mass is 330 g/mol. The van der Waals surface area contributed by atoms with Crippen molar-refractivity contribution in [3.8, 4) is 39.9 Å². The van der Waals surface area contributed by atoms with Crippen molar-refractivity contribution >= 4 is 11.0 Å². The SMILES string of the molecule is COc1ccc(-c2coc3cc(O)c(O)c(O)c3c2=O)cc1OC. The van der Waals surface area contributed by atoms with E-state index in [1.54, 1.807) is 18.2 Å². The number of hydrogen-bond donors (Lipinski definition) is 3. The molecule has 3 aromatic rings. The maximum Gasteiger partial charge on any atom is 0.204 e. The third-order valence-corrected chi connectivity index (χ3v) is 3.69. The standard InChI is InChI=1S/C17H14O7/c1-22-11-4-3-8(5-12(11)23-2)9-7-24-13-6-10(18)16(20)17(21)14(13)15(9)19/h3-7,18,20-21H,1-2H3. The molecule has 0 unspecified atom stereocenters. The molecule has 24 heavy (non-hydrogen) atoms. The highest BCUT2D eigenvalue weighted by atomic mass is 16.5. The summed E-state index contributed by atoms with van der Waals surface area (Å²) < 4.78 is 15.7. The van der Waals surface area contributed by atoms with Crippen LogP contribution in [0.25, 0.3) is 22.1 Å². The lowest BCUT2D eigenvalue weighted by Gasteiger charge is -2.10. The summed E-state index contributed by atoms with van der Waals surface area (Å²) in [6, 6.07) is 5.92. The molecule has 7 heteroatoms. The number of aromatic hydroxyl groups is 3. The number of methoxy groups -OCH3 is 2. The topological polar surface area (TPSA) is 109 Å². The zero-order chi connectivity index (χ0) is 17.4. The molecule has 1 aromatic heterocycles. The molecule has 0 atom stereocenters. The van der Waals surface area contributed by atoms with E-state index in [2.05, 4.69) is 0 Å². The van der Waals surface area contributed by atoms with E-state index in [0.29, 0.717) is 17.1 Å². The molecule has 0 aliphatic carbocycles. The Morgan fingerprint density at radius 3 is 2.33 bits per heavy atom. The predicted octanol–water partition coefficient (Wildman–Crippen LogP) is 2.59. The van der Waals surface area contributed by atoms with E-state index in [1.165, 1.54) is 20.5 Å². The smallest absolute Gasteiger partial charge is 0.204 e. The number of ether oxygens (including phenoxy) is 2. The Bertz CT molecular complexity index is 988. The first-order chi connectivity index (χ1) is 11.5. The van der Waals surface area contributed by atoms with Crippen LogP contribution in [-0.4, -0.2) is 29.5 Å². The van der Waals surface area contributed by atoms with E-state index in [0.717, 1.165) is 6.07 Å². The Morgan fingerprint density at radius 2 is 1.67 bits per heavy atom. The van der Waals surface area contributed by atoms with Gasteiger partial charge in [-0.05, 0) is 17.7 Å². The highest BCUT2D eigenvalue weighted by Crippen LogP contribution is 2.40. The maximum atomic E-state index is 12.7.